The minimum absolute atomic E-state index is 0.295. The summed E-state index contributed by atoms with van der Waals surface area (Å²) in [5.41, 5.74) is 0. The van der Waals surface area contributed by atoms with Gasteiger partial charge in [0.05, 0.1) is 6.61 Å². The molecule has 2 atom stereocenters. The van der Waals surface area contributed by atoms with E-state index in [0.717, 1.165) is 19.6 Å². The highest BCUT2D eigenvalue weighted by Crippen LogP contribution is 2.27. The van der Waals surface area contributed by atoms with Crippen LogP contribution in [0.1, 0.15) is 33.1 Å². The third-order valence-electron chi connectivity index (χ3n) is 2.71. The van der Waals surface area contributed by atoms with Crippen molar-refractivity contribution in [2.45, 2.75) is 33.1 Å². The molecule has 0 amide bonds. The molecule has 0 aromatic heterocycles. The summed E-state index contributed by atoms with van der Waals surface area (Å²) in [6, 6.07) is 0. The number of carbonyl (C=O) groups is 1. The van der Waals surface area contributed by atoms with E-state index in [2.05, 4.69) is 6.92 Å². The average molecular weight is 170 g/mol. The molecular formula is C10H18O2. The molecule has 70 valence electrons. The van der Waals surface area contributed by atoms with Crippen LogP contribution in [0.2, 0.25) is 0 Å². The van der Waals surface area contributed by atoms with Crippen molar-refractivity contribution in [2.24, 2.45) is 11.8 Å². The van der Waals surface area contributed by atoms with Crippen LogP contribution in [0, 0.1) is 11.8 Å². The number of hydrogen-bond donors (Lipinski definition) is 0. The molecule has 1 fully saturated rings. The van der Waals surface area contributed by atoms with Crippen LogP contribution in [0.5, 0.6) is 0 Å². The molecule has 1 aliphatic rings. The van der Waals surface area contributed by atoms with Crippen molar-refractivity contribution < 1.29 is 9.53 Å². The summed E-state index contributed by atoms with van der Waals surface area (Å²) in [5, 5.41) is 0. The lowest BCUT2D eigenvalue weighted by atomic mass is 9.83. The minimum Gasteiger partial charge on any atom is -0.381 e. The maximum atomic E-state index is 10.9. The quantitative estimate of drug-likeness (QED) is 0.647. The van der Waals surface area contributed by atoms with E-state index in [1.165, 1.54) is 6.42 Å². The average Bonchev–Trinajstić information content (AvgIpc) is 2.04. The molecule has 0 radical (unpaired) electrons. The third kappa shape index (κ3) is 2.59. The second kappa shape index (κ2) is 4.61. The molecule has 0 aromatic carbocycles. The first kappa shape index (κ1) is 9.72. The molecule has 0 spiro atoms. The fourth-order valence-corrected chi connectivity index (χ4v) is 1.97. The molecule has 2 nitrogen and oxygen atoms in total. The summed E-state index contributed by atoms with van der Waals surface area (Å²) in [4.78, 5) is 10.9. The van der Waals surface area contributed by atoms with Gasteiger partial charge in [0.25, 0.3) is 0 Å². The molecule has 0 bridgehead atoms. The van der Waals surface area contributed by atoms with Crippen molar-refractivity contribution in [3.63, 3.8) is 0 Å². The molecule has 1 saturated heterocycles. The first-order valence-corrected chi connectivity index (χ1v) is 4.81. The fourth-order valence-electron chi connectivity index (χ4n) is 1.97. The summed E-state index contributed by atoms with van der Waals surface area (Å²) in [6.07, 6.45) is 3.02. The molecule has 1 rings (SSSR count). The highest BCUT2D eigenvalue weighted by molar-refractivity contribution is 5.75. The van der Waals surface area contributed by atoms with Crippen LogP contribution >= 0.6 is 0 Å². The standard InChI is InChI=1S/C10H18O2/c1-3-9-4-5-12-7-10(9)6-8(2)11/h9-10H,3-7H2,1-2H3. The topological polar surface area (TPSA) is 26.3 Å². The summed E-state index contributed by atoms with van der Waals surface area (Å²) < 4.78 is 5.36. The van der Waals surface area contributed by atoms with Gasteiger partial charge >= 0.3 is 0 Å². The van der Waals surface area contributed by atoms with Crippen molar-refractivity contribution in [3.8, 4) is 0 Å². The van der Waals surface area contributed by atoms with Gasteiger partial charge in [-0.1, -0.05) is 13.3 Å². The number of ketones is 1. The van der Waals surface area contributed by atoms with Gasteiger partial charge in [-0.05, 0) is 25.2 Å². The zero-order valence-electron chi connectivity index (χ0n) is 8.01. The number of carbonyl (C=O) groups excluding carboxylic acids is 1. The Morgan fingerprint density at radius 2 is 2.25 bits per heavy atom. The lowest BCUT2D eigenvalue weighted by molar-refractivity contribution is -0.119. The molecule has 2 unspecified atom stereocenters. The largest absolute Gasteiger partial charge is 0.381 e. The van der Waals surface area contributed by atoms with Crippen molar-refractivity contribution >= 4 is 5.78 Å². The van der Waals surface area contributed by atoms with Gasteiger partial charge in [-0.3, -0.25) is 0 Å². The van der Waals surface area contributed by atoms with Gasteiger partial charge in [0.2, 0.25) is 0 Å². The van der Waals surface area contributed by atoms with Gasteiger partial charge in [0.15, 0.2) is 0 Å². The minimum atomic E-state index is 0.295. The summed E-state index contributed by atoms with van der Waals surface area (Å²) in [6.45, 7) is 5.54. The molecular weight excluding hydrogens is 152 g/mol. The molecule has 12 heavy (non-hydrogen) atoms. The van der Waals surface area contributed by atoms with E-state index >= 15 is 0 Å². The zero-order valence-corrected chi connectivity index (χ0v) is 8.01. The molecule has 0 aromatic rings. The van der Waals surface area contributed by atoms with E-state index in [0.29, 0.717) is 24.0 Å². The Hall–Kier alpha value is -0.370. The summed E-state index contributed by atoms with van der Waals surface area (Å²) in [5.74, 6) is 1.49. The van der Waals surface area contributed by atoms with Crippen molar-refractivity contribution in [2.75, 3.05) is 13.2 Å². The Labute approximate surface area is 74.3 Å². The summed E-state index contributed by atoms with van der Waals surface area (Å²) >= 11 is 0. The van der Waals surface area contributed by atoms with Crippen molar-refractivity contribution in [3.05, 3.63) is 0 Å². The van der Waals surface area contributed by atoms with Gasteiger partial charge < -0.3 is 9.53 Å². The Bertz CT molecular complexity index is 154. The van der Waals surface area contributed by atoms with E-state index in [1.54, 1.807) is 6.92 Å². The van der Waals surface area contributed by atoms with E-state index in [4.69, 9.17) is 4.74 Å². The number of Topliss-reactive ketones (excluding diaryl/α,β-unsaturated/α-hetero) is 1. The Kier molecular flexibility index (Phi) is 3.73. The van der Waals surface area contributed by atoms with Crippen LogP contribution in [0.3, 0.4) is 0 Å². The van der Waals surface area contributed by atoms with Crippen LogP contribution in [-0.2, 0) is 9.53 Å². The van der Waals surface area contributed by atoms with Gasteiger partial charge in [0.1, 0.15) is 5.78 Å². The number of rotatable bonds is 3. The van der Waals surface area contributed by atoms with E-state index in [1.807, 2.05) is 0 Å². The zero-order chi connectivity index (χ0) is 8.97. The lowest BCUT2D eigenvalue weighted by Gasteiger charge is -2.30. The highest BCUT2D eigenvalue weighted by atomic mass is 16.5. The number of hydrogen-bond acceptors (Lipinski definition) is 2. The van der Waals surface area contributed by atoms with Crippen LogP contribution in [-0.4, -0.2) is 19.0 Å². The van der Waals surface area contributed by atoms with Gasteiger partial charge in [-0.2, -0.15) is 0 Å². The van der Waals surface area contributed by atoms with Gasteiger partial charge in [-0.15, -0.1) is 0 Å². The van der Waals surface area contributed by atoms with E-state index < -0.39 is 0 Å². The second-order valence-electron chi connectivity index (χ2n) is 3.70. The van der Waals surface area contributed by atoms with Crippen molar-refractivity contribution in [1.29, 1.82) is 0 Å². The molecule has 2 heteroatoms. The third-order valence-corrected chi connectivity index (χ3v) is 2.71. The van der Waals surface area contributed by atoms with Crippen LogP contribution < -0.4 is 0 Å². The first-order chi connectivity index (χ1) is 5.74. The van der Waals surface area contributed by atoms with Crippen LogP contribution in [0.4, 0.5) is 0 Å². The summed E-state index contributed by atoms with van der Waals surface area (Å²) in [7, 11) is 0. The molecule has 1 aliphatic heterocycles. The maximum Gasteiger partial charge on any atom is 0.130 e. The smallest absolute Gasteiger partial charge is 0.130 e. The van der Waals surface area contributed by atoms with Gasteiger partial charge in [0, 0.05) is 13.0 Å². The van der Waals surface area contributed by atoms with Gasteiger partial charge in [-0.25, -0.2) is 0 Å². The fraction of sp³-hybridized carbons (Fsp3) is 0.900. The second-order valence-corrected chi connectivity index (χ2v) is 3.70. The predicted molar refractivity (Wildman–Crippen MR) is 48.0 cm³/mol. The van der Waals surface area contributed by atoms with Crippen LogP contribution in [0.15, 0.2) is 0 Å². The van der Waals surface area contributed by atoms with E-state index in [9.17, 15) is 4.79 Å². The Morgan fingerprint density at radius 3 is 2.83 bits per heavy atom. The van der Waals surface area contributed by atoms with Crippen LogP contribution in [0.25, 0.3) is 0 Å². The molecule has 0 aliphatic carbocycles. The highest BCUT2D eigenvalue weighted by Gasteiger charge is 2.24. The lowest BCUT2D eigenvalue weighted by Crippen LogP contribution is -2.28. The van der Waals surface area contributed by atoms with E-state index in [-0.39, 0.29) is 0 Å². The molecule has 1 heterocycles. The Morgan fingerprint density at radius 1 is 1.50 bits per heavy atom. The Balaban J connectivity index is 2.41. The maximum absolute atomic E-state index is 10.9. The monoisotopic (exact) mass is 170 g/mol. The predicted octanol–water partition coefficient (Wildman–Crippen LogP) is 2.03. The van der Waals surface area contributed by atoms with Crippen molar-refractivity contribution in [1.82, 2.24) is 0 Å². The molecule has 0 N–H and O–H groups in total. The number of ether oxygens (including phenoxy) is 1. The molecule has 0 saturated carbocycles. The normalized spacial score (nSPS) is 30.2. The SMILES string of the molecule is CCC1CCOCC1CC(C)=O. The first-order valence-electron chi connectivity index (χ1n) is 4.81.